The second-order valence-electron chi connectivity index (χ2n) is 4.61. The summed E-state index contributed by atoms with van der Waals surface area (Å²) in [5.41, 5.74) is 5.72. The average Bonchev–Trinajstić information content (AvgIpc) is 2.53. The van der Waals surface area contributed by atoms with Crippen molar-refractivity contribution in [2.45, 2.75) is 25.8 Å². The lowest BCUT2D eigenvalue weighted by molar-refractivity contribution is 0.529. The van der Waals surface area contributed by atoms with Crippen LogP contribution in [0.1, 0.15) is 25.3 Å². The fourth-order valence-corrected chi connectivity index (χ4v) is 2.48. The van der Waals surface area contributed by atoms with Gasteiger partial charge in [-0.3, -0.25) is 0 Å². The molecule has 4 heteroatoms. The van der Waals surface area contributed by atoms with Gasteiger partial charge in [-0.1, -0.05) is 29.8 Å². The van der Waals surface area contributed by atoms with Gasteiger partial charge in [-0.05, 0) is 17.5 Å². The van der Waals surface area contributed by atoms with Crippen LogP contribution in [0.2, 0.25) is 0 Å². The van der Waals surface area contributed by atoms with E-state index in [-0.39, 0.29) is 22.9 Å². The van der Waals surface area contributed by atoms with Crippen LogP contribution < -0.4 is 5.73 Å². The van der Waals surface area contributed by atoms with Crippen molar-refractivity contribution in [2.24, 2.45) is 11.1 Å². The lowest BCUT2D eigenvalue weighted by Gasteiger charge is -2.06. The summed E-state index contributed by atoms with van der Waals surface area (Å²) in [6, 6.07) is 2.39. The maximum atomic E-state index is 13.6. The van der Waals surface area contributed by atoms with Crippen LogP contribution >= 0.6 is 15.9 Å². The number of hydrogen-bond acceptors (Lipinski definition) is 1. The molecule has 2 N–H and O–H groups in total. The Kier molecular flexibility index (Phi) is 2.39. The van der Waals surface area contributed by atoms with Gasteiger partial charge in [0.05, 0.1) is 0 Å². The van der Waals surface area contributed by atoms with Gasteiger partial charge in [0.2, 0.25) is 0 Å². The molecule has 1 saturated carbocycles. The fraction of sp³-hybridized carbons (Fsp3) is 0.455. The molecule has 1 fully saturated rings. The van der Waals surface area contributed by atoms with Crippen molar-refractivity contribution in [3.8, 4) is 0 Å². The molecule has 2 atom stereocenters. The Morgan fingerprint density at radius 2 is 1.67 bits per heavy atom. The number of halogens is 3. The molecule has 82 valence electrons. The number of rotatable bonds is 1. The molecule has 15 heavy (non-hydrogen) atoms. The molecule has 1 aliphatic rings. The van der Waals surface area contributed by atoms with Crippen molar-refractivity contribution in [2.75, 3.05) is 0 Å². The Morgan fingerprint density at radius 3 is 2.00 bits per heavy atom. The van der Waals surface area contributed by atoms with Gasteiger partial charge in [-0.25, -0.2) is 8.78 Å². The quantitative estimate of drug-likeness (QED) is 0.837. The zero-order chi connectivity index (χ0) is 11.4. The molecule has 1 nitrogen and oxygen atoms in total. The van der Waals surface area contributed by atoms with E-state index in [2.05, 4.69) is 15.9 Å². The average molecular weight is 276 g/mol. The van der Waals surface area contributed by atoms with Crippen molar-refractivity contribution in [1.29, 1.82) is 0 Å². The molecule has 0 aliphatic heterocycles. The predicted octanol–water partition coefficient (Wildman–Crippen LogP) is 3.18. The Balaban J connectivity index is 2.47. The second-order valence-corrected chi connectivity index (χ2v) is 5.52. The molecule has 0 saturated heterocycles. The molecular weight excluding hydrogens is 264 g/mol. The summed E-state index contributed by atoms with van der Waals surface area (Å²) in [5.74, 6) is -1.26. The van der Waals surface area contributed by atoms with Crippen LogP contribution in [0.15, 0.2) is 16.6 Å². The van der Waals surface area contributed by atoms with Crippen LogP contribution in [0.5, 0.6) is 0 Å². The first-order valence-electron chi connectivity index (χ1n) is 4.75. The summed E-state index contributed by atoms with van der Waals surface area (Å²) in [6.07, 6.45) is 0. The largest absolute Gasteiger partial charge is 0.327 e. The minimum Gasteiger partial charge on any atom is -0.327 e. The van der Waals surface area contributed by atoms with Gasteiger partial charge in [0.15, 0.2) is 0 Å². The van der Waals surface area contributed by atoms with Crippen LogP contribution in [0.4, 0.5) is 8.78 Å². The van der Waals surface area contributed by atoms with Crippen molar-refractivity contribution < 1.29 is 8.78 Å². The molecule has 1 aromatic carbocycles. The number of benzene rings is 1. The van der Waals surface area contributed by atoms with Crippen molar-refractivity contribution in [3.05, 3.63) is 33.8 Å². The second kappa shape index (κ2) is 3.25. The molecule has 2 unspecified atom stereocenters. The zero-order valence-electron chi connectivity index (χ0n) is 8.52. The highest BCUT2D eigenvalue weighted by Crippen LogP contribution is 2.58. The first-order chi connectivity index (χ1) is 6.85. The topological polar surface area (TPSA) is 26.0 Å². The first-order valence-corrected chi connectivity index (χ1v) is 5.55. The smallest absolute Gasteiger partial charge is 0.130 e. The SMILES string of the molecule is CC1(C)C(N)C1c1c(F)cc(Br)cc1F. The molecule has 1 aromatic rings. The minimum absolute atomic E-state index is 0.121. The van der Waals surface area contributed by atoms with Gasteiger partial charge in [0.1, 0.15) is 11.6 Å². The third-order valence-electron chi connectivity index (χ3n) is 3.27. The van der Waals surface area contributed by atoms with Gasteiger partial charge < -0.3 is 5.73 Å². The first kappa shape index (κ1) is 11.0. The summed E-state index contributed by atoms with van der Waals surface area (Å²) in [4.78, 5) is 0. The van der Waals surface area contributed by atoms with Gasteiger partial charge in [-0.15, -0.1) is 0 Å². The van der Waals surface area contributed by atoms with Crippen LogP contribution in [0.25, 0.3) is 0 Å². The molecule has 0 spiro atoms. The normalized spacial score (nSPS) is 27.9. The molecule has 0 heterocycles. The highest BCUT2D eigenvalue weighted by atomic mass is 79.9. The summed E-state index contributed by atoms with van der Waals surface area (Å²) in [5, 5.41) is 0. The van der Waals surface area contributed by atoms with E-state index in [4.69, 9.17) is 5.73 Å². The van der Waals surface area contributed by atoms with Crippen molar-refractivity contribution in [1.82, 2.24) is 0 Å². The molecule has 2 rings (SSSR count). The van der Waals surface area contributed by atoms with Gasteiger partial charge in [0, 0.05) is 22.0 Å². The maximum Gasteiger partial charge on any atom is 0.130 e. The third kappa shape index (κ3) is 1.60. The van der Waals surface area contributed by atoms with Gasteiger partial charge >= 0.3 is 0 Å². The minimum atomic E-state index is -0.520. The van der Waals surface area contributed by atoms with Gasteiger partial charge in [-0.2, -0.15) is 0 Å². The van der Waals surface area contributed by atoms with E-state index >= 15 is 0 Å². The standard InChI is InChI=1S/C11H12BrF2N/c1-11(2)9(10(11)15)8-6(13)3-5(12)4-7(8)14/h3-4,9-10H,15H2,1-2H3. The Hall–Kier alpha value is -0.480. The lowest BCUT2D eigenvalue weighted by atomic mass is 10.0. The fourth-order valence-electron chi connectivity index (χ4n) is 2.08. The molecule has 0 aromatic heterocycles. The third-order valence-corrected chi connectivity index (χ3v) is 3.72. The number of nitrogens with two attached hydrogens (primary N) is 1. The maximum absolute atomic E-state index is 13.6. The summed E-state index contributed by atoms with van der Waals surface area (Å²) >= 11 is 3.05. The van der Waals surface area contributed by atoms with Crippen molar-refractivity contribution in [3.63, 3.8) is 0 Å². The van der Waals surface area contributed by atoms with E-state index in [1.165, 1.54) is 12.1 Å². The molecule has 1 aliphatic carbocycles. The van der Waals surface area contributed by atoms with E-state index < -0.39 is 11.6 Å². The summed E-state index contributed by atoms with van der Waals surface area (Å²) in [6.45, 7) is 3.84. The van der Waals surface area contributed by atoms with Gasteiger partial charge in [0.25, 0.3) is 0 Å². The zero-order valence-corrected chi connectivity index (χ0v) is 10.1. The van der Waals surface area contributed by atoms with Crippen LogP contribution in [-0.4, -0.2) is 6.04 Å². The number of hydrogen-bond donors (Lipinski definition) is 1. The van der Waals surface area contributed by atoms with E-state index in [0.29, 0.717) is 4.47 Å². The van der Waals surface area contributed by atoms with Crippen LogP contribution in [-0.2, 0) is 0 Å². The van der Waals surface area contributed by atoms with E-state index in [1.807, 2.05) is 13.8 Å². The molecule has 0 bridgehead atoms. The van der Waals surface area contributed by atoms with Crippen LogP contribution in [0, 0.1) is 17.0 Å². The Bertz CT molecular complexity index is 394. The van der Waals surface area contributed by atoms with E-state index in [1.54, 1.807) is 0 Å². The summed E-state index contributed by atoms with van der Waals surface area (Å²) in [7, 11) is 0. The molecular formula is C11H12BrF2N. The monoisotopic (exact) mass is 275 g/mol. The molecule has 0 amide bonds. The Morgan fingerprint density at radius 1 is 1.27 bits per heavy atom. The summed E-state index contributed by atoms with van der Waals surface area (Å²) < 4.78 is 27.6. The highest BCUT2D eigenvalue weighted by molar-refractivity contribution is 9.10. The Labute approximate surface area is 95.8 Å². The van der Waals surface area contributed by atoms with E-state index in [0.717, 1.165) is 0 Å². The van der Waals surface area contributed by atoms with Crippen molar-refractivity contribution >= 4 is 15.9 Å². The van der Waals surface area contributed by atoms with Crippen LogP contribution in [0.3, 0.4) is 0 Å². The van der Waals surface area contributed by atoms with E-state index in [9.17, 15) is 8.78 Å². The predicted molar refractivity (Wildman–Crippen MR) is 58.6 cm³/mol. The highest BCUT2D eigenvalue weighted by Gasteiger charge is 2.58. The lowest BCUT2D eigenvalue weighted by Crippen LogP contribution is -2.07. The molecule has 0 radical (unpaired) electrons.